The zero-order valence-electron chi connectivity index (χ0n) is 15.4. The van der Waals surface area contributed by atoms with Crippen LogP contribution in [0.15, 0.2) is 24.3 Å². The lowest BCUT2D eigenvalue weighted by Crippen LogP contribution is -2.47. The van der Waals surface area contributed by atoms with E-state index in [2.05, 4.69) is 15.5 Å². The number of amides is 2. The van der Waals surface area contributed by atoms with Crippen molar-refractivity contribution < 1.29 is 19.4 Å². The maximum Gasteiger partial charge on any atom is 0.309 e. The highest BCUT2D eigenvalue weighted by molar-refractivity contribution is 6.35. The third-order valence-corrected chi connectivity index (χ3v) is 4.34. The molecule has 1 aliphatic rings. The van der Waals surface area contributed by atoms with Crippen LogP contribution in [0.5, 0.6) is 0 Å². The van der Waals surface area contributed by atoms with Gasteiger partial charge in [-0.05, 0) is 17.7 Å². The van der Waals surface area contributed by atoms with Crippen molar-refractivity contribution in [2.24, 2.45) is 0 Å². The fourth-order valence-electron chi connectivity index (χ4n) is 2.86. The van der Waals surface area contributed by atoms with E-state index in [1.165, 1.54) is 0 Å². The number of hydrogen-bond acceptors (Lipinski definition) is 6. The Labute approximate surface area is 154 Å². The number of carbonyl (C=O) groups excluding carboxylic acids is 2. The molecule has 2 amide bonds. The first-order valence-electron chi connectivity index (χ1n) is 8.79. The van der Waals surface area contributed by atoms with E-state index in [0.717, 1.165) is 24.3 Å². The number of aliphatic hydroxyl groups excluding tert-OH is 1. The van der Waals surface area contributed by atoms with Gasteiger partial charge >= 0.3 is 11.8 Å². The average Bonchev–Trinajstić information content (AvgIpc) is 2.67. The summed E-state index contributed by atoms with van der Waals surface area (Å²) in [5.41, 5.74) is 2.18. The van der Waals surface area contributed by atoms with Crippen molar-refractivity contribution in [2.75, 3.05) is 65.0 Å². The van der Waals surface area contributed by atoms with E-state index in [9.17, 15) is 9.59 Å². The summed E-state index contributed by atoms with van der Waals surface area (Å²) in [6.07, 6.45) is 0. The highest BCUT2D eigenvalue weighted by Gasteiger charge is 2.24. The van der Waals surface area contributed by atoms with Gasteiger partial charge in [0.15, 0.2) is 0 Å². The number of morpholine rings is 1. The molecule has 1 aromatic carbocycles. The monoisotopic (exact) mass is 364 g/mol. The van der Waals surface area contributed by atoms with Crippen LogP contribution in [0.1, 0.15) is 11.6 Å². The predicted molar refractivity (Wildman–Crippen MR) is 99.0 cm³/mol. The molecule has 1 heterocycles. The minimum absolute atomic E-state index is 0.0373. The highest BCUT2D eigenvalue weighted by Crippen LogP contribution is 2.23. The molecule has 1 aromatic rings. The van der Waals surface area contributed by atoms with Gasteiger partial charge in [-0.3, -0.25) is 14.5 Å². The number of hydrogen-bond donors (Lipinski definition) is 3. The fraction of sp³-hybridized carbons (Fsp3) is 0.556. The van der Waals surface area contributed by atoms with Crippen LogP contribution in [-0.4, -0.2) is 81.9 Å². The van der Waals surface area contributed by atoms with Gasteiger partial charge in [0.05, 0.1) is 25.9 Å². The van der Waals surface area contributed by atoms with E-state index in [-0.39, 0.29) is 19.2 Å². The van der Waals surface area contributed by atoms with Gasteiger partial charge < -0.3 is 25.4 Å². The Morgan fingerprint density at radius 2 is 1.77 bits per heavy atom. The Kier molecular flexibility index (Phi) is 7.83. The highest BCUT2D eigenvalue weighted by atomic mass is 16.5. The number of nitrogens with zero attached hydrogens (tertiary/aromatic N) is 2. The number of rotatable bonds is 7. The Hall–Kier alpha value is -2.16. The van der Waals surface area contributed by atoms with Crippen molar-refractivity contribution in [1.29, 1.82) is 0 Å². The van der Waals surface area contributed by atoms with Gasteiger partial charge in [-0.25, -0.2) is 0 Å². The number of ether oxygens (including phenoxy) is 1. The number of benzene rings is 1. The summed E-state index contributed by atoms with van der Waals surface area (Å²) in [7, 11) is 3.97. The smallest absolute Gasteiger partial charge is 0.309 e. The zero-order chi connectivity index (χ0) is 18.9. The van der Waals surface area contributed by atoms with Crippen LogP contribution in [0.4, 0.5) is 5.69 Å². The third-order valence-electron chi connectivity index (χ3n) is 4.34. The van der Waals surface area contributed by atoms with E-state index < -0.39 is 11.8 Å². The summed E-state index contributed by atoms with van der Waals surface area (Å²) >= 11 is 0. The van der Waals surface area contributed by atoms with Crippen LogP contribution in [0.3, 0.4) is 0 Å². The summed E-state index contributed by atoms with van der Waals surface area (Å²) in [6, 6.07) is 8.14. The molecule has 0 bridgehead atoms. The number of nitrogens with one attached hydrogen (secondary N) is 2. The standard InChI is InChI=1S/C18H28N4O4/c1-21(2)15-5-3-14(4-6-15)16(22-8-11-26-12-9-22)13-20-18(25)17(24)19-7-10-23/h3-6,16,23H,7-13H2,1-2H3,(H,19,24)(H,20,25). The van der Waals surface area contributed by atoms with E-state index in [0.29, 0.717) is 19.8 Å². The minimum Gasteiger partial charge on any atom is -0.395 e. The van der Waals surface area contributed by atoms with Gasteiger partial charge in [0.1, 0.15) is 0 Å². The van der Waals surface area contributed by atoms with Crippen LogP contribution in [-0.2, 0) is 14.3 Å². The van der Waals surface area contributed by atoms with Crippen LogP contribution in [0.2, 0.25) is 0 Å². The largest absolute Gasteiger partial charge is 0.395 e. The second kappa shape index (κ2) is 10.1. The molecule has 8 nitrogen and oxygen atoms in total. The van der Waals surface area contributed by atoms with Gasteiger partial charge in [0.2, 0.25) is 0 Å². The number of anilines is 1. The van der Waals surface area contributed by atoms with Gasteiger partial charge in [0, 0.05) is 46.0 Å². The molecule has 1 unspecified atom stereocenters. The quantitative estimate of drug-likeness (QED) is 0.557. The SMILES string of the molecule is CN(C)c1ccc(C(CNC(=O)C(=O)NCCO)N2CCOCC2)cc1. The van der Waals surface area contributed by atoms with Crippen LogP contribution in [0.25, 0.3) is 0 Å². The van der Waals surface area contributed by atoms with Crippen molar-refractivity contribution in [1.82, 2.24) is 15.5 Å². The lowest BCUT2D eigenvalue weighted by molar-refractivity contribution is -0.139. The van der Waals surface area contributed by atoms with E-state index in [1.54, 1.807) is 0 Å². The lowest BCUT2D eigenvalue weighted by atomic mass is 10.0. The minimum atomic E-state index is -0.734. The number of carbonyl (C=O) groups is 2. The first-order chi connectivity index (χ1) is 12.5. The molecule has 1 fully saturated rings. The van der Waals surface area contributed by atoms with Crippen molar-refractivity contribution in [3.8, 4) is 0 Å². The molecule has 1 saturated heterocycles. The molecule has 26 heavy (non-hydrogen) atoms. The first kappa shape index (κ1) is 20.2. The van der Waals surface area contributed by atoms with Gasteiger partial charge in [-0.2, -0.15) is 0 Å². The zero-order valence-corrected chi connectivity index (χ0v) is 15.4. The molecule has 8 heteroatoms. The maximum absolute atomic E-state index is 12.0. The summed E-state index contributed by atoms with van der Waals surface area (Å²) in [5, 5.41) is 13.8. The van der Waals surface area contributed by atoms with E-state index in [4.69, 9.17) is 9.84 Å². The van der Waals surface area contributed by atoms with Crippen molar-refractivity contribution in [3.63, 3.8) is 0 Å². The average molecular weight is 364 g/mol. The maximum atomic E-state index is 12.0. The molecular weight excluding hydrogens is 336 g/mol. The molecule has 0 aliphatic carbocycles. The van der Waals surface area contributed by atoms with E-state index in [1.807, 2.05) is 43.3 Å². The van der Waals surface area contributed by atoms with Crippen molar-refractivity contribution >= 4 is 17.5 Å². The lowest BCUT2D eigenvalue weighted by Gasteiger charge is -2.35. The molecule has 1 aliphatic heterocycles. The summed E-state index contributed by atoms with van der Waals surface area (Å²) in [4.78, 5) is 27.9. The summed E-state index contributed by atoms with van der Waals surface area (Å²) < 4.78 is 5.42. The molecular formula is C18H28N4O4. The normalized spacial score (nSPS) is 16.0. The predicted octanol–water partition coefficient (Wildman–Crippen LogP) is -0.649. The molecule has 0 spiro atoms. The second-order valence-corrected chi connectivity index (χ2v) is 6.34. The first-order valence-corrected chi connectivity index (χ1v) is 8.79. The second-order valence-electron chi connectivity index (χ2n) is 6.34. The summed E-state index contributed by atoms with van der Waals surface area (Å²) in [5.74, 6) is -1.43. The molecule has 144 valence electrons. The topological polar surface area (TPSA) is 94.1 Å². The van der Waals surface area contributed by atoms with Crippen LogP contribution in [0, 0.1) is 0 Å². The van der Waals surface area contributed by atoms with Gasteiger partial charge in [0.25, 0.3) is 0 Å². The Bertz CT molecular complexity index is 585. The summed E-state index contributed by atoms with van der Waals surface area (Å²) in [6.45, 7) is 3.03. The van der Waals surface area contributed by atoms with Crippen LogP contribution < -0.4 is 15.5 Å². The number of aliphatic hydroxyl groups is 1. The molecule has 0 saturated carbocycles. The van der Waals surface area contributed by atoms with E-state index >= 15 is 0 Å². The molecule has 1 atom stereocenters. The third kappa shape index (κ3) is 5.69. The molecule has 0 aromatic heterocycles. The fourth-order valence-corrected chi connectivity index (χ4v) is 2.86. The Morgan fingerprint density at radius 1 is 1.15 bits per heavy atom. The Morgan fingerprint density at radius 3 is 2.35 bits per heavy atom. The molecule has 2 rings (SSSR count). The van der Waals surface area contributed by atoms with Crippen molar-refractivity contribution in [3.05, 3.63) is 29.8 Å². The molecule has 3 N–H and O–H groups in total. The van der Waals surface area contributed by atoms with Gasteiger partial charge in [-0.15, -0.1) is 0 Å². The molecule has 0 radical (unpaired) electrons. The van der Waals surface area contributed by atoms with Crippen molar-refractivity contribution in [2.45, 2.75) is 6.04 Å². The van der Waals surface area contributed by atoms with Crippen LogP contribution >= 0.6 is 0 Å². The Balaban J connectivity index is 2.06. The van der Waals surface area contributed by atoms with Gasteiger partial charge in [-0.1, -0.05) is 12.1 Å².